The second kappa shape index (κ2) is 8.80. The van der Waals surface area contributed by atoms with Gasteiger partial charge in [-0.15, -0.1) is 5.10 Å². The number of carbonyl (C=O) groups is 1. The van der Waals surface area contributed by atoms with E-state index in [2.05, 4.69) is 36.5 Å². The Morgan fingerprint density at radius 3 is 2.70 bits per heavy atom. The minimum absolute atomic E-state index is 0.274. The molecule has 0 saturated carbocycles. The molecule has 164 valence electrons. The Balaban J connectivity index is 1.63. The van der Waals surface area contributed by atoms with Crippen molar-refractivity contribution in [1.29, 1.82) is 0 Å². The highest BCUT2D eigenvalue weighted by Crippen LogP contribution is 2.38. The molecule has 2 aromatic carbocycles. The van der Waals surface area contributed by atoms with Gasteiger partial charge in [-0.1, -0.05) is 57.9 Å². The fraction of sp³-hybridized carbons (Fsp3) is 0.0833. The minimum Gasteiger partial charge on any atom is -0.328 e. The Morgan fingerprint density at radius 2 is 1.94 bits per heavy atom. The van der Waals surface area contributed by atoms with Crippen molar-refractivity contribution in [2.45, 2.75) is 13.0 Å². The Kier molecular flexibility index (Phi) is 5.70. The average molecular weight is 522 g/mol. The molecule has 33 heavy (non-hydrogen) atoms. The summed E-state index contributed by atoms with van der Waals surface area (Å²) in [5, 5.41) is 11.4. The molecule has 1 amide bonds. The lowest BCUT2D eigenvalue weighted by molar-refractivity contribution is -0.113. The summed E-state index contributed by atoms with van der Waals surface area (Å²) in [6, 6.07) is 20.1. The highest BCUT2D eigenvalue weighted by atomic mass is 79.9. The van der Waals surface area contributed by atoms with Crippen LogP contribution < -0.4 is 10.6 Å². The highest BCUT2D eigenvalue weighted by Gasteiger charge is 2.34. The Morgan fingerprint density at radius 1 is 1.12 bits per heavy atom. The van der Waals surface area contributed by atoms with Gasteiger partial charge in [0.2, 0.25) is 5.95 Å². The lowest BCUT2D eigenvalue weighted by atomic mass is 9.95. The molecule has 0 radical (unpaired) electrons. The summed E-state index contributed by atoms with van der Waals surface area (Å²) >= 11 is 9.94. The largest absolute Gasteiger partial charge is 0.328 e. The fourth-order valence-corrected chi connectivity index (χ4v) is 4.44. The number of carbonyl (C=O) groups excluding carboxylic acids is 1. The number of nitrogens with zero attached hydrogens (tertiary/aromatic N) is 4. The summed E-state index contributed by atoms with van der Waals surface area (Å²) in [5.41, 5.74) is 2.79. The Hall–Kier alpha value is -3.49. The van der Waals surface area contributed by atoms with E-state index in [9.17, 15) is 4.79 Å². The van der Waals surface area contributed by atoms with E-state index < -0.39 is 6.04 Å². The van der Waals surface area contributed by atoms with Gasteiger partial charge < -0.3 is 10.6 Å². The molecule has 1 unspecified atom stereocenters. The molecule has 0 fully saturated rings. The van der Waals surface area contributed by atoms with Gasteiger partial charge in [-0.05, 0) is 48.9 Å². The van der Waals surface area contributed by atoms with E-state index in [1.807, 2.05) is 55.5 Å². The number of benzene rings is 2. The molecule has 4 aromatic rings. The SMILES string of the molecule is CC1=C(C(=O)Nc2ccccn2)C(c2cccc(Br)c2)n2nc(-c3ccccc3Cl)nc2N1. The zero-order valence-electron chi connectivity index (χ0n) is 17.5. The first-order valence-corrected chi connectivity index (χ1v) is 11.4. The first-order chi connectivity index (χ1) is 16.0. The van der Waals surface area contributed by atoms with Gasteiger partial charge in [-0.3, -0.25) is 4.79 Å². The van der Waals surface area contributed by atoms with Gasteiger partial charge in [-0.2, -0.15) is 4.98 Å². The van der Waals surface area contributed by atoms with Crippen LogP contribution >= 0.6 is 27.5 Å². The third-order valence-corrected chi connectivity index (χ3v) is 6.11. The minimum atomic E-state index is -0.508. The number of nitrogens with one attached hydrogen (secondary N) is 2. The van der Waals surface area contributed by atoms with Gasteiger partial charge in [0.05, 0.1) is 10.6 Å². The number of allylic oxidation sites excluding steroid dienone is 1. The van der Waals surface area contributed by atoms with E-state index in [1.54, 1.807) is 29.1 Å². The van der Waals surface area contributed by atoms with Gasteiger partial charge in [0.25, 0.3) is 5.91 Å². The number of fused-ring (bicyclic) bond motifs is 1. The van der Waals surface area contributed by atoms with E-state index in [0.29, 0.717) is 39.4 Å². The van der Waals surface area contributed by atoms with E-state index >= 15 is 0 Å². The molecular weight excluding hydrogens is 504 g/mol. The van der Waals surface area contributed by atoms with Crippen molar-refractivity contribution in [3.05, 3.63) is 99.3 Å². The second-order valence-electron chi connectivity index (χ2n) is 7.47. The molecule has 1 aliphatic rings. The predicted molar refractivity (Wildman–Crippen MR) is 132 cm³/mol. The summed E-state index contributed by atoms with van der Waals surface area (Å²) in [4.78, 5) is 22.3. The standard InChI is InChI=1S/C24H18BrClN6O/c1-14-20(23(33)29-19-11-4-5-12-27-19)21(15-7-6-8-16(25)13-15)32-24(28-14)30-22(31-32)17-9-2-3-10-18(17)26/h2-13,21H,1H3,(H,27,29,33)(H,28,30,31). The number of aromatic nitrogens is 4. The Bertz CT molecular complexity index is 1380. The quantitative estimate of drug-likeness (QED) is 0.361. The van der Waals surface area contributed by atoms with Crippen LogP contribution in [0.25, 0.3) is 11.4 Å². The van der Waals surface area contributed by atoms with Crippen LogP contribution in [-0.2, 0) is 4.79 Å². The number of halogens is 2. The van der Waals surface area contributed by atoms with E-state index in [-0.39, 0.29) is 5.91 Å². The highest BCUT2D eigenvalue weighted by molar-refractivity contribution is 9.10. The predicted octanol–water partition coefficient (Wildman–Crippen LogP) is 5.68. The van der Waals surface area contributed by atoms with E-state index in [4.69, 9.17) is 16.7 Å². The summed E-state index contributed by atoms with van der Waals surface area (Å²) < 4.78 is 2.62. The van der Waals surface area contributed by atoms with Gasteiger partial charge in [0, 0.05) is 21.9 Å². The molecule has 0 saturated heterocycles. The van der Waals surface area contributed by atoms with Crippen molar-refractivity contribution in [2.24, 2.45) is 0 Å². The maximum atomic E-state index is 13.4. The monoisotopic (exact) mass is 520 g/mol. The first kappa shape index (κ1) is 21.4. The van der Waals surface area contributed by atoms with Crippen LogP contribution in [0.2, 0.25) is 5.02 Å². The number of pyridine rings is 1. The average Bonchev–Trinajstić information content (AvgIpc) is 3.22. The summed E-state index contributed by atoms with van der Waals surface area (Å²) in [6.45, 7) is 1.85. The number of hydrogen-bond donors (Lipinski definition) is 2. The van der Waals surface area contributed by atoms with Gasteiger partial charge >= 0.3 is 0 Å². The molecule has 1 aliphatic heterocycles. The van der Waals surface area contributed by atoms with Gasteiger partial charge in [0.15, 0.2) is 5.82 Å². The van der Waals surface area contributed by atoms with E-state index in [0.717, 1.165) is 10.0 Å². The summed E-state index contributed by atoms with van der Waals surface area (Å²) in [7, 11) is 0. The van der Waals surface area contributed by atoms with Crippen molar-refractivity contribution < 1.29 is 4.79 Å². The number of anilines is 2. The lowest BCUT2D eigenvalue weighted by Crippen LogP contribution is -2.31. The van der Waals surface area contributed by atoms with Crippen LogP contribution in [-0.4, -0.2) is 25.7 Å². The van der Waals surface area contributed by atoms with Crippen LogP contribution in [0.4, 0.5) is 11.8 Å². The smallest absolute Gasteiger partial charge is 0.257 e. The van der Waals surface area contributed by atoms with Crippen molar-refractivity contribution in [3.63, 3.8) is 0 Å². The summed E-state index contributed by atoms with van der Waals surface area (Å²) in [6.07, 6.45) is 1.63. The molecule has 2 aromatic heterocycles. The van der Waals surface area contributed by atoms with Crippen molar-refractivity contribution in [3.8, 4) is 11.4 Å². The molecule has 5 rings (SSSR count). The first-order valence-electron chi connectivity index (χ1n) is 10.2. The molecule has 0 aliphatic carbocycles. The van der Waals surface area contributed by atoms with Crippen LogP contribution in [0.5, 0.6) is 0 Å². The number of hydrogen-bond acceptors (Lipinski definition) is 5. The maximum Gasteiger partial charge on any atom is 0.257 e. The van der Waals surface area contributed by atoms with Crippen molar-refractivity contribution in [1.82, 2.24) is 19.7 Å². The molecule has 9 heteroatoms. The third-order valence-electron chi connectivity index (χ3n) is 5.28. The van der Waals surface area contributed by atoms with Crippen molar-refractivity contribution in [2.75, 3.05) is 10.6 Å². The Labute approximate surface area is 203 Å². The molecule has 1 atom stereocenters. The van der Waals surface area contributed by atoms with Crippen LogP contribution in [0.1, 0.15) is 18.5 Å². The summed E-state index contributed by atoms with van der Waals surface area (Å²) in [5.74, 6) is 1.20. The number of amides is 1. The van der Waals surface area contributed by atoms with Crippen LogP contribution in [0.3, 0.4) is 0 Å². The molecule has 3 heterocycles. The van der Waals surface area contributed by atoms with Crippen LogP contribution in [0, 0.1) is 0 Å². The van der Waals surface area contributed by atoms with E-state index in [1.165, 1.54) is 0 Å². The zero-order chi connectivity index (χ0) is 22.9. The van der Waals surface area contributed by atoms with Crippen molar-refractivity contribution >= 4 is 45.2 Å². The molecule has 0 spiro atoms. The van der Waals surface area contributed by atoms with Crippen LogP contribution in [0.15, 0.2) is 88.7 Å². The zero-order valence-corrected chi connectivity index (χ0v) is 19.8. The lowest BCUT2D eigenvalue weighted by Gasteiger charge is -2.28. The maximum absolute atomic E-state index is 13.4. The topological polar surface area (TPSA) is 84.7 Å². The normalized spacial score (nSPS) is 15.1. The molecule has 0 bridgehead atoms. The second-order valence-corrected chi connectivity index (χ2v) is 8.80. The molecule has 7 nitrogen and oxygen atoms in total. The fourth-order valence-electron chi connectivity index (χ4n) is 3.81. The molecular formula is C24H18BrClN6O. The van der Waals surface area contributed by atoms with Gasteiger partial charge in [0.1, 0.15) is 11.9 Å². The number of rotatable bonds is 4. The van der Waals surface area contributed by atoms with Gasteiger partial charge in [-0.25, -0.2) is 9.67 Å². The third kappa shape index (κ3) is 4.15. The molecule has 2 N–H and O–H groups in total.